The van der Waals surface area contributed by atoms with Gasteiger partial charge in [0, 0.05) is 32.3 Å². The van der Waals surface area contributed by atoms with Gasteiger partial charge >= 0.3 is 11.9 Å². The van der Waals surface area contributed by atoms with Crippen molar-refractivity contribution in [2.75, 3.05) is 39.6 Å². The van der Waals surface area contributed by atoms with Crippen LogP contribution in [0.1, 0.15) is 32.6 Å². The van der Waals surface area contributed by atoms with E-state index >= 15 is 0 Å². The molecule has 0 saturated carbocycles. The first-order valence-corrected chi connectivity index (χ1v) is 7.31. The van der Waals surface area contributed by atoms with Gasteiger partial charge in [-0.05, 0) is 26.2 Å². The van der Waals surface area contributed by atoms with Crippen LogP contribution in [0.5, 0.6) is 0 Å². The Morgan fingerprint density at radius 3 is 2.29 bits per heavy atom. The Hall–Kier alpha value is -1.40. The summed E-state index contributed by atoms with van der Waals surface area (Å²) in [6, 6.07) is 0. The molecule has 0 aromatic heterocycles. The van der Waals surface area contributed by atoms with Gasteiger partial charge < -0.3 is 18.9 Å². The minimum absolute atomic E-state index is 0.191. The van der Waals surface area contributed by atoms with Crippen LogP contribution >= 0.6 is 0 Å². The van der Waals surface area contributed by atoms with E-state index in [0.29, 0.717) is 19.6 Å². The molecule has 6 nitrogen and oxygen atoms in total. The molecule has 0 spiro atoms. The summed E-state index contributed by atoms with van der Waals surface area (Å²) >= 11 is 0. The molecule has 0 aromatic carbocycles. The van der Waals surface area contributed by atoms with E-state index in [1.165, 1.54) is 0 Å². The molecule has 0 aliphatic rings. The van der Waals surface area contributed by atoms with Crippen LogP contribution in [0.3, 0.4) is 0 Å². The molecule has 0 aliphatic heterocycles. The minimum Gasteiger partial charge on any atom is -0.463 e. The number of unbranched alkanes of at least 4 members (excludes halogenated alkanes) is 1. The maximum atomic E-state index is 11.3. The lowest BCUT2D eigenvalue weighted by Gasteiger charge is -2.06. The lowest BCUT2D eigenvalue weighted by atomic mass is 10.3. The summed E-state index contributed by atoms with van der Waals surface area (Å²) in [5.41, 5.74) is 0. The third-order valence-corrected chi connectivity index (χ3v) is 2.46. The number of carbonyl (C=O) groups is 2. The first-order chi connectivity index (χ1) is 10.2. The Morgan fingerprint density at radius 2 is 1.62 bits per heavy atom. The molecular weight excluding hydrogens is 276 g/mol. The van der Waals surface area contributed by atoms with Crippen LogP contribution in [0.15, 0.2) is 12.7 Å². The molecule has 0 aliphatic carbocycles. The number of ether oxygens (including phenoxy) is 4. The summed E-state index contributed by atoms with van der Waals surface area (Å²) in [6.45, 7) is 8.21. The predicted molar refractivity (Wildman–Crippen MR) is 77.9 cm³/mol. The van der Waals surface area contributed by atoms with E-state index in [0.717, 1.165) is 32.1 Å². The number of carbonyl (C=O) groups excluding carboxylic acids is 2. The second-order valence-corrected chi connectivity index (χ2v) is 4.21. The van der Waals surface area contributed by atoms with Crippen molar-refractivity contribution in [1.29, 1.82) is 0 Å². The fraction of sp³-hybridized carbons (Fsp3) is 0.733. The molecular formula is C15H26O6. The SMILES string of the molecule is C=CC(=O)OCCCC(=O)OCCOCCCCOCC. The largest absolute Gasteiger partial charge is 0.463 e. The Kier molecular flexibility index (Phi) is 14.0. The van der Waals surface area contributed by atoms with Crippen molar-refractivity contribution in [3.63, 3.8) is 0 Å². The standard InChI is InChI=1S/C15H26O6/c1-3-14(16)20-11-7-8-15(17)21-13-12-19-10-6-5-9-18-4-2/h3H,1,4-13H2,2H3. The fourth-order valence-electron chi connectivity index (χ4n) is 1.39. The van der Waals surface area contributed by atoms with Gasteiger partial charge in [-0.15, -0.1) is 0 Å². The second-order valence-electron chi connectivity index (χ2n) is 4.21. The highest BCUT2D eigenvalue weighted by Gasteiger charge is 2.03. The van der Waals surface area contributed by atoms with Crippen molar-refractivity contribution in [3.8, 4) is 0 Å². The quantitative estimate of drug-likeness (QED) is 0.277. The lowest BCUT2D eigenvalue weighted by molar-refractivity contribution is -0.147. The van der Waals surface area contributed by atoms with E-state index in [4.69, 9.17) is 18.9 Å². The number of hydrogen-bond acceptors (Lipinski definition) is 6. The van der Waals surface area contributed by atoms with E-state index in [2.05, 4.69) is 6.58 Å². The average Bonchev–Trinajstić information content (AvgIpc) is 2.49. The zero-order valence-electron chi connectivity index (χ0n) is 12.8. The first kappa shape index (κ1) is 19.6. The lowest BCUT2D eigenvalue weighted by Crippen LogP contribution is -2.12. The van der Waals surface area contributed by atoms with E-state index < -0.39 is 5.97 Å². The molecule has 0 heterocycles. The van der Waals surface area contributed by atoms with Crippen LogP contribution in [-0.2, 0) is 28.5 Å². The highest BCUT2D eigenvalue weighted by Crippen LogP contribution is 1.96. The Bertz CT molecular complexity index is 290. The van der Waals surface area contributed by atoms with Gasteiger partial charge in [0.25, 0.3) is 0 Å². The van der Waals surface area contributed by atoms with Crippen molar-refractivity contribution in [2.45, 2.75) is 32.6 Å². The van der Waals surface area contributed by atoms with Crippen LogP contribution in [0.2, 0.25) is 0 Å². The summed E-state index contributed by atoms with van der Waals surface area (Å²) in [7, 11) is 0. The van der Waals surface area contributed by atoms with Gasteiger partial charge in [0.05, 0.1) is 13.2 Å². The molecule has 0 N–H and O–H groups in total. The predicted octanol–water partition coefficient (Wildman–Crippen LogP) is 1.87. The van der Waals surface area contributed by atoms with Crippen molar-refractivity contribution < 1.29 is 28.5 Å². The number of esters is 2. The molecule has 0 bridgehead atoms. The Balaban J connectivity index is 3.23. The third kappa shape index (κ3) is 14.8. The smallest absolute Gasteiger partial charge is 0.330 e. The summed E-state index contributed by atoms with van der Waals surface area (Å²) in [4.78, 5) is 22.0. The van der Waals surface area contributed by atoms with Gasteiger partial charge in [0.2, 0.25) is 0 Å². The van der Waals surface area contributed by atoms with Crippen molar-refractivity contribution in [1.82, 2.24) is 0 Å². The van der Waals surface area contributed by atoms with Gasteiger partial charge in [-0.1, -0.05) is 6.58 Å². The van der Waals surface area contributed by atoms with Gasteiger partial charge in [-0.25, -0.2) is 4.79 Å². The summed E-state index contributed by atoms with van der Waals surface area (Å²) in [5.74, 6) is -0.800. The van der Waals surface area contributed by atoms with Crippen molar-refractivity contribution >= 4 is 11.9 Å². The number of rotatable bonds is 14. The molecule has 0 amide bonds. The fourth-order valence-corrected chi connectivity index (χ4v) is 1.39. The van der Waals surface area contributed by atoms with E-state index in [-0.39, 0.29) is 25.6 Å². The van der Waals surface area contributed by atoms with Crippen LogP contribution in [0, 0.1) is 0 Å². The average molecular weight is 302 g/mol. The topological polar surface area (TPSA) is 71.1 Å². The van der Waals surface area contributed by atoms with Gasteiger partial charge in [0.15, 0.2) is 0 Å². The molecule has 0 radical (unpaired) electrons. The number of hydrogen-bond donors (Lipinski definition) is 0. The zero-order chi connectivity index (χ0) is 15.8. The molecule has 6 heteroatoms. The van der Waals surface area contributed by atoms with E-state index in [1.54, 1.807) is 0 Å². The molecule has 21 heavy (non-hydrogen) atoms. The molecule has 0 fully saturated rings. The molecule has 0 atom stereocenters. The molecule has 0 saturated heterocycles. The van der Waals surface area contributed by atoms with Crippen molar-refractivity contribution in [2.24, 2.45) is 0 Å². The summed E-state index contributed by atoms with van der Waals surface area (Å²) < 4.78 is 20.2. The minimum atomic E-state index is -0.485. The molecule has 0 rings (SSSR count). The van der Waals surface area contributed by atoms with Crippen LogP contribution in [0.4, 0.5) is 0 Å². The van der Waals surface area contributed by atoms with E-state index in [9.17, 15) is 9.59 Å². The Labute approximate surface area is 126 Å². The molecule has 122 valence electrons. The van der Waals surface area contributed by atoms with Gasteiger partial charge in [0.1, 0.15) is 6.61 Å². The monoisotopic (exact) mass is 302 g/mol. The molecule has 0 aromatic rings. The van der Waals surface area contributed by atoms with E-state index in [1.807, 2.05) is 6.92 Å². The van der Waals surface area contributed by atoms with Gasteiger partial charge in [-0.3, -0.25) is 4.79 Å². The van der Waals surface area contributed by atoms with Crippen LogP contribution in [0.25, 0.3) is 0 Å². The summed E-state index contributed by atoms with van der Waals surface area (Å²) in [6.07, 6.45) is 3.65. The normalized spacial score (nSPS) is 10.1. The first-order valence-electron chi connectivity index (χ1n) is 7.31. The maximum absolute atomic E-state index is 11.3. The van der Waals surface area contributed by atoms with Gasteiger partial charge in [-0.2, -0.15) is 0 Å². The third-order valence-electron chi connectivity index (χ3n) is 2.46. The summed E-state index contributed by atoms with van der Waals surface area (Å²) in [5, 5.41) is 0. The van der Waals surface area contributed by atoms with Crippen LogP contribution in [-0.4, -0.2) is 51.6 Å². The maximum Gasteiger partial charge on any atom is 0.330 e. The zero-order valence-corrected chi connectivity index (χ0v) is 12.8. The Morgan fingerprint density at radius 1 is 0.905 bits per heavy atom. The molecule has 0 unspecified atom stereocenters. The van der Waals surface area contributed by atoms with Crippen LogP contribution < -0.4 is 0 Å². The highest BCUT2D eigenvalue weighted by molar-refractivity contribution is 5.81. The second kappa shape index (κ2) is 15.0. The van der Waals surface area contributed by atoms with Crippen molar-refractivity contribution in [3.05, 3.63) is 12.7 Å². The highest BCUT2D eigenvalue weighted by atomic mass is 16.6.